The van der Waals surface area contributed by atoms with Gasteiger partial charge in [0.1, 0.15) is 23.0 Å². The maximum absolute atomic E-state index is 7.30. The van der Waals surface area contributed by atoms with Crippen LogP contribution in [0.1, 0.15) is 38.4 Å². The summed E-state index contributed by atoms with van der Waals surface area (Å²) in [6.45, 7) is 6.65. The van der Waals surface area contributed by atoms with Crippen LogP contribution in [0.4, 0.5) is 0 Å². The minimum absolute atomic E-state index is 0.0484. The molecule has 4 nitrogen and oxygen atoms in total. The normalized spacial score (nSPS) is 11.2. The van der Waals surface area contributed by atoms with Gasteiger partial charge in [-0.1, -0.05) is 32.9 Å². The van der Waals surface area contributed by atoms with Crippen molar-refractivity contribution >= 4 is 5.84 Å². The Labute approximate surface area is 125 Å². The third kappa shape index (κ3) is 3.60. The topological polar surface area (TPSA) is 72.0 Å². The van der Waals surface area contributed by atoms with Crippen LogP contribution in [0.2, 0.25) is 0 Å². The second-order valence-corrected chi connectivity index (χ2v) is 5.66. The molecule has 2 rings (SSSR count). The lowest BCUT2D eigenvalue weighted by molar-refractivity contribution is 0.476. The van der Waals surface area contributed by atoms with Crippen LogP contribution in [0.15, 0.2) is 42.6 Å². The summed E-state index contributed by atoms with van der Waals surface area (Å²) in [6, 6.07) is 11.5. The lowest BCUT2D eigenvalue weighted by atomic mass is 9.82. The summed E-state index contributed by atoms with van der Waals surface area (Å²) in [6.07, 6.45) is 2.66. The lowest BCUT2D eigenvalue weighted by Gasteiger charge is -2.23. The Hall–Kier alpha value is -2.36. The summed E-state index contributed by atoms with van der Waals surface area (Å²) in [5.74, 6) is 1.35. The van der Waals surface area contributed by atoms with Gasteiger partial charge in [-0.25, -0.2) is 4.98 Å². The van der Waals surface area contributed by atoms with Crippen molar-refractivity contribution in [2.24, 2.45) is 5.73 Å². The van der Waals surface area contributed by atoms with Gasteiger partial charge in [0, 0.05) is 0 Å². The van der Waals surface area contributed by atoms with Gasteiger partial charge < -0.3 is 10.5 Å². The van der Waals surface area contributed by atoms with Gasteiger partial charge in [-0.3, -0.25) is 5.41 Å². The molecule has 110 valence electrons. The van der Waals surface area contributed by atoms with Crippen LogP contribution in [0.3, 0.4) is 0 Å². The molecule has 0 aliphatic carbocycles. The smallest absolute Gasteiger partial charge is 0.145 e. The molecule has 21 heavy (non-hydrogen) atoms. The molecule has 0 aliphatic heterocycles. The molecule has 0 atom stereocenters. The molecule has 0 radical (unpaired) electrons. The molecular formula is C17H21N3O. The molecule has 0 amide bonds. The second kappa shape index (κ2) is 5.95. The van der Waals surface area contributed by atoms with Gasteiger partial charge in [0.25, 0.3) is 0 Å². The van der Waals surface area contributed by atoms with Gasteiger partial charge in [0.15, 0.2) is 0 Å². The Morgan fingerprint density at radius 3 is 2.24 bits per heavy atom. The molecule has 3 N–H and O–H groups in total. The molecule has 4 heteroatoms. The van der Waals surface area contributed by atoms with Crippen LogP contribution in [0.5, 0.6) is 11.5 Å². The number of nitrogen functional groups attached to an aromatic ring is 1. The van der Waals surface area contributed by atoms with Crippen molar-refractivity contribution in [1.29, 1.82) is 5.41 Å². The van der Waals surface area contributed by atoms with Gasteiger partial charge in [-0.15, -0.1) is 0 Å². The Bertz CT molecular complexity index is 615. The maximum Gasteiger partial charge on any atom is 0.145 e. The van der Waals surface area contributed by atoms with Crippen molar-refractivity contribution in [3.63, 3.8) is 0 Å². The maximum atomic E-state index is 7.30. The van der Waals surface area contributed by atoms with E-state index in [9.17, 15) is 0 Å². The summed E-state index contributed by atoms with van der Waals surface area (Å²) >= 11 is 0. The van der Waals surface area contributed by atoms with Gasteiger partial charge in [0.2, 0.25) is 0 Å². The molecule has 1 heterocycles. The molecule has 0 saturated carbocycles. The molecule has 1 aromatic carbocycles. The average Bonchev–Trinajstić information content (AvgIpc) is 2.48. The molecule has 0 bridgehead atoms. The number of pyridine rings is 1. The fourth-order valence-electron chi connectivity index (χ4n) is 1.91. The van der Waals surface area contributed by atoms with Crippen LogP contribution in [-0.4, -0.2) is 10.8 Å². The monoisotopic (exact) mass is 283 g/mol. The first-order valence-corrected chi connectivity index (χ1v) is 7.01. The van der Waals surface area contributed by atoms with Crippen LogP contribution >= 0.6 is 0 Å². The third-order valence-corrected chi connectivity index (χ3v) is 3.77. The third-order valence-electron chi connectivity index (χ3n) is 3.77. The molecule has 0 saturated heterocycles. The van der Waals surface area contributed by atoms with Gasteiger partial charge in [-0.05, 0) is 41.7 Å². The summed E-state index contributed by atoms with van der Waals surface area (Å²) in [5.41, 5.74) is 7.28. The van der Waals surface area contributed by atoms with E-state index in [4.69, 9.17) is 15.9 Å². The number of hydrogen-bond acceptors (Lipinski definition) is 3. The highest BCUT2D eigenvalue weighted by Gasteiger charge is 2.17. The summed E-state index contributed by atoms with van der Waals surface area (Å²) < 4.78 is 5.74. The first-order valence-electron chi connectivity index (χ1n) is 7.01. The predicted octanol–water partition coefficient (Wildman–Crippen LogP) is 3.85. The first-order chi connectivity index (χ1) is 9.92. The number of hydrogen-bond donors (Lipinski definition) is 2. The molecule has 0 aliphatic rings. The van der Waals surface area contributed by atoms with E-state index in [0.717, 1.165) is 12.2 Å². The Morgan fingerprint density at radius 2 is 1.76 bits per heavy atom. The highest BCUT2D eigenvalue weighted by molar-refractivity contribution is 5.92. The average molecular weight is 283 g/mol. The quantitative estimate of drug-likeness (QED) is 0.646. The van der Waals surface area contributed by atoms with Crippen LogP contribution < -0.4 is 10.5 Å². The number of nitrogens with two attached hydrogens (primary N) is 1. The number of amidine groups is 1. The standard InChI is InChI=1S/C17H21N3O/c1-4-17(2,3)12-5-7-13(8-6-12)21-14-9-10-15(16(18)19)20-11-14/h5-11H,4H2,1-3H3,(H3,18,19). The van der Waals surface area contributed by atoms with Crippen LogP contribution in [-0.2, 0) is 5.41 Å². The molecule has 0 spiro atoms. The Morgan fingerprint density at radius 1 is 1.14 bits per heavy atom. The number of nitrogens with one attached hydrogen (secondary N) is 1. The van der Waals surface area contributed by atoms with E-state index >= 15 is 0 Å². The minimum atomic E-state index is -0.0484. The molecular weight excluding hydrogens is 262 g/mol. The number of aromatic nitrogens is 1. The SMILES string of the molecule is CCC(C)(C)c1ccc(Oc2ccc(C(=N)N)nc2)cc1. The number of benzene rings is 1. The summed E-state index contributed by atoms with van der Waals surface area (Å²) in [5, 5.41) is 7.30. The second-order valence-electron chi connectivity index (χ2n) is 5.66. The predicted molar refractivity (Wildman–Crippen MR) is 85.1 cm³/mol. The van der Waals surface area contributed by atoms with Crippen molar-refractivity contribution in [3.05, 3.63) is 53.9 Å². The lowest BCUT2D eigenvalue weighted by Crippen LogP contribution is -2.14. The molecule has 0 unspecified atom stereocenters. The highest BCUT2D eigenvalue weighted by atomic mass is 16.5. The van der Waals surface area contributed by atoms with E-state index in [2.05, 4.69) is 37.9 Å². The highest BCUT2D eigenvalue weighted by Crippen LogP contribution is 2.29. The Kier molecular flexibility index (Phi) is 4.26. The van der Waals surface area contributed by atoms with E-state index in [1.807, 2.05) is 12.1 Å². The van der Waals surface area contributed by atoms with E-state index in [0.29, 0.717) is 11.4 Å². The summed E-state index contributed by atoms with van der Waals surface area (Å²) in [7, 11) is 0. The zero-order valence-corrected chi connectivity index (χ0v) is 12.7. The zero-order valence-electron chi connectivity index (χ0n) is 12.7. The largest absolute Gasteiger partial charge is 0.456 e. The van der Waals surface area contributed by atoms with Gasteiger partial charge in [0.05, 0.1) is 6.20 Å². The zero-order chi connectivity index (χ0) is 15.5. The Balaban J connectivity index is 2.11. The molecule has 0 fully saturated rings. The van der Waals surface area contributed by atoms with Crippen molar-refractivity contribution in [3.8, 4) is 11.5 Å². The van der Waals surface area contributed by atoms with Crippen molar-refractivity contribution < 1.29 is 4.74 Å². The van der Waals surface area contributed by atoms with E-state index in [-0.39, 0.29) is 11.3 Å². The molecule has 2 aromatic rings. The van der Waals surface area contributed by atoms with Gasteiger partial charge in [-0.2, -0.15) is 0 Å². The van der Waals surface area contributed by atoms with Crippen molar-refractivity contribution in [1.82, 2.24) is 4.98 Å². The van der Waals surface area contributed by atoms with Crippen LogP contribution in [0.25, 0.3) is 0 Å². The van der Waals surface area contributed by atoms with E-state index in [1.54, 1.807) is 18.3 Å². The minimum Gasteiger partial charge on any atom is -0.456 e. The number of nitrogens with zero attached hydrogens (tertiary/aromatic N) is 1. The van der Waals surface area contributed by atoms with Crippen molar-refractivity contribution in [2.75, 3.05) is 0 Å². The number of ether oxygens (including phenoxy) is 1. The van der Waals surface area contributed by atoms with E-state index in [1.165, 1.54) is 5.56 Å². The van der Waals surface area contributed by atoms with Crippen molar-refractivity contribution in [2.45, 2.75) is 32.6 Å². The fourth-order valence-corrected chi connectivity index (χ4v) is 1.91. The van der Waals surface area contributed by atoms with Gasteiger partial charge >= 0.3 is 0 Å². The van der Waals surface area contributed by atoms with Crippen LogP contribution in [0, 0.1) is 5.41 Å². The number of rotatable bonds is 5. The fraction of sp³-hybridized carbons (Fsp3) is 0.294. The first kappa shape index (κ1) is 15.0. The summed E-state index contributed by atoms with van der Waals surface area (Å²) in [4.78, 5) is 4.07. The molecule has 1 aromatic heterocycles. The van der Waals surface area contributed by atoms with E-state index < -0.39 is 0 Å².